The average Bonchev–Trinajstić information content (AvgIpc) is 3.37. The first-order valence-electron chi connectivity index (χ1n) is 10.9. The summed E-state index contributed by atoms with van der Waals surface area (Å²) in [5.41, 5.74) is 0.973. The Bertz CT molecular complexity index is 1000. The van der Waals surface area contributed by atoms with Crippen LogP contribution in [0.4, 0.5) is 10.6 Å². The number of carbonyl (C=O) groups excluding carboxylic acids is 1. The number of amides is 1. The van der Waals surface area contributed by atoms with Crippen LogP contribution >= 0.6 is 0 Å². The minimum atomic E-state index is -1.19. The molecule has 2 aromatic rings. The van der Waals surface area contributed by atoms with Gasteiger partial charge in [0.2, 0.25) is 0 Å². The topological polar surface area (TPSA) is 144 Å². The second-order valence-corrected chi connectivity index (χ2v) is 7.92. The van der Waals surface area contributed by atoms with Gasteiger partial charge in [0.25, 0.3) is 0 Å². The van der Waals surface area contributed by atoms with Gasteiger partial charge in [-0.15, -0.1) is 6.42 Å². The number of aromatic nitrogens is 4. The highest BCUT2D eigenvalue weighted by atomic mass is 16.6. The van der Waals surface area contributed by atoms with Crippen LogP contribution in [-0.2, 0) is 14.2 Å². The molecule has 33 heavy (non-hydrogen) atoms. The van der Waals surface area contributed by atoms with Crippen molar-refractivity contribution in [2.75, 3.05) is 38.2 Å². The number of nitrogens with one attached hydrogen (secondary N) is 1. The molecule has 0 spiro atoms. The molecule has 1 amide bonds. The number of hydrogen-bond acceptors (Lipinski definition) is 10. The van der Waals surface area contributed by atoms with E-state index in [2.05, 4.69) is 26.2 Å². The number of ether oxygens (including phenoxy) is 3. The number of nitrogens with zero attached hydrogens (tertiary/aromatic N) is 5. The number of terminal acetylenes is 1. The maximum Gasteiger partial charge on any atom is 0.409 e. The highest BCUT2D eigenvalue weighted by Gasteiger charge is 2.44. The van der Waals surface area contributed by atoms with Gasteiger partial charge in [0, 0.05) is 19.1 Å². The van der Waals surface area contributed by atoms with Crippen LogP contribution in [0.15, 0.2) is 12.7 Å². The third kappa shape index (κ3) is 4.86. The zero-order chi connectivity index (χ0) is 23.4. The van der Waals surface area contributed by atoms with Crippen LogP contribution in [0.5, 0.6) is 0 Å². The van der Waals surface area contributed by atoms with Crippen molar-refractivity contribution >= 4 is 23.1 Å². The standard InChI is InChI=1S/C21H28N6O6/c1-3-9-31-10-14-16(28)17(29)20(33-14)27-12-24-15-18(22-11-23-19(15)27)25-13-5-7-26(8-6-13)21(30)32-4-2/h1,11-14,16-17,20,28-29H,4-10H2,2H3,(H,22,23,25)/t14-,16-,17-,20-/m1/s1. The van der Waals surface area contributed by atoms with Crippen molar-refractivity contribution in [1.82, 2.24) is 24.4 Å². The number of piperidine rings is 1. The molecule has 4 heterocycles. The summed E-state index contributed by atoms with van der Waals surface area (Å²) in [5.74, 6) is 2.90. The molecule has 4 atom stereocenters. The molecule has 0 bridgehead atoms. The van der Waals surface area contributed by atoms with Crippen LogP contribution in [0, 0.1) is 12.3 Å². The molecule has 0 radical (unpaired) electrons. The molecular formula is C21H28N6O6. The molecule has 2 aliphatic heterocycles. The fourth-order valence-corrected chi connectivity index (χ4v) is 4.09. The number of aliphatic hydroxyl groups excluding tert-OH is 2. The Morgan fingerprint density at radius 1 is 1.30 bits per heavy atom. The molecule has 12 nitrogen and oxygen atoms in total. The van der Waals surface area contributed by atoms with Gasteiger partial charge in [-0.3, -0.25) is 4.57 Å². The fraction of sp³-hybridized carbons (Fsp3) is 0.619. The van der Waals surface area contributed by atoms with Gasteiger partial charge in [-0.1, -0.05) is 5.92 Å². The number of rotatable bonds is 7. The van der Waals surface area contributed by atoms with Crippen LogP contribution in [-0.4, -0.2) is 98.0 Å². The summed E-state index contributed by atoms with van der Waals surface area (Å²) in [7, 11) is 0. The first kappa shape index (κ1) is 23.2. The molecule has 0 aliphatic carbocycles. The lowest BCUT2D eigenvalue weighted by Gasteiger charge is -2.31. The number of fused-ring (bicyclic) bond motifs is 1. The molecular weight excluding hydrogens is 432 g/mol. The van der Waals surface area contributed by atoms with Crippen molar-refractivity contribution in [3.8, 4) is 12.3 Å². The van der Waals surface area contributed by atoms with Crippen molar-refractivity contribution in [2.45, 2.75) is 50.3 Å². The fourth-order valence-electron chi connectivity index (χ4n) is 4.09. The van der Waals surface area contributed by atoms with Crippen LogP contribution in [0.25, 0.3) is 11.2 Å². The molecule has 4 rings (SSSR count). The van der Waals surface area contributed by atoms with E-state index in [4.69, 9.17) is 20.6 Å². The average molecular weight is 460 g/mol. The lowest BCUT2D eigenvalue weighted by atomic mass is 10.1. The third-order valence-corrected chi connectivity index (χ3v) is 5.80. The first-order chi connectivity index (χ1) is 16.0. The number of carbonyl (C=O) groups is 1. The maximum atomic E-state index is 11.9. The Labute approximate surface area is 190 Å². The molecule has 0 unspecified atom stereocenters. The van der Waals surface area contributed by atoms with E-state index in [9.17, 15) is 15.0 Å². The van der Waals surface area contributed by atoms with E-state index < -0.39 is 24.5 Å². The molecule has 178 valence electrons. The van der Waals surface area contributed by atoms with E-state index in [-0.39, 0.29) is 25.3 Å². The number of likely N-dealkylation sites (tertiary alicyclic amines) is 1. The molecule has 12 heteroatoms. The molecule has 2 aromatic heterocycles. The van der Waals surface area contributed by atoms with Crippen LogP contribution in [0.1, 0.15) is 26.0 Å². The van der Waals surface area contributed by atoms with E-state index >= 15 is 0 Å². The van der Waals surface area contributed by atoms with E-state index in [0.29, 0.717) is 36.7 Å². The maximum absolute atomic E-state index is 11.9. The van der Waals surface area contributed by atoms with Crippen molar-refractivity contribution in [3.63, 3.8) is 0 Å². The number of aliphatic hydroxyl groups is 2. The van der Waals surface area contributed by atoms with Crippen LogP contribution < -0.4 is 5.32 Å². The lowest BCUT2D eigenvalue weighted by Crippen LogP contribution is -2.42. The third-order valence-electron chi connectivity index (χ3n) is 5.80. The Kier molecular flexibility index (Phi) is 7.24. The molecule has 2 saturated heterocycles. The lowest BCUT2D eigenvalue weighted by molar-refractivity contribution is -0.0615. The number of imidazole rings is 1. The molecule has 3 N–H and O–H groups in total. The van der Waals surface area contributed by atoms with Gasteiger partial charge in [-0.25, -0.2) is 19.7 Å². The highest BCUT2D eigenvalue weighted by Crippen LogP contribution is 2.32. The van der Waals surface area contributed by atoms with Gasteiger partial charge >= 0.3 is 6.09 Å². The molecule has 0 saturated carbocycles. The van der Waals surface area contributed by atoms with Crippen molar-refractivity contribution < 1.29 is 29.2 Å². The van der Waals surface area contributed by atoms with E-state index in [1.54, 1.807) is 16.4 Å². The van der Waals surface area contributed by atoms with Gasteiger partial charge in [0.1, 0.15) is 31.2 Å². The summed E-state index contributed by atoms with van der Waals surface area (Å²) in [5, 5.41) is 24.3. The zero-order valence-corrected chi connectivity index (χ0v) is 18.3. The predicted octanol–water partition coefficient (Wildman–Crippen LogP) is 0.128. The summed E-state index contributed by atoms with van der Waals surface area (Å²) in [6.45, 7) is 3.45. The smallest absolute Gasteiger partial charge is 0.409 e. The number of hydrogen-bond donors (Lipinski definition) is 3. The van der Waals surface area contributed by atoms with Crippen LogP contribution in [0.3, 0.4) is 0 Å². The van der Waals surface area contributed by atoms with Gasteiger partial charge in [-0.2, -0.15) is 0 Å². The first-order valence-corrected chi connectivity index (χ1v) is 10.9. The Hall–Kier alpha value is -2.98. The van der Waals surface area contributed by atoms with Crippen molar-refractivity contribution in [2.24, 2.45) is 0 Å². The quantitative estimate of drug-likeness (QED) is 0.385. The monoisotopic (exact) mass is 460 g/mol. The Morgan fingerprint density at radius 3 is 2.82 bits per heavy atom. The number of anilines is 1. The Morgan fingerprint density at radius 2 is 2.09 bits per heavy atom. The van der Waals surface area contributed by atoms with Crippen molar-refractivity contribution in [1.29, 1.82) is 0 Å². The second-order valence-electron chi connectivity index (χ2n) is 7.92. The zero-order valence-electron chi connectivity index (χ0n) is 18.3. The van der Waals surface area contributed by atoms with E-state index in [1.165, 1.54) is 12.7 Å². The second kappa shape index (κ2) is 10.3. The highest BCUT2D eigenvalue weighted by molar-refractivity contribution is 5.82. The van der Waals surface area contributed by atoms with Gasteiger partial charge in [-0.05, 0) is 19.8 Å². The summed E-state index contributed by atoms with van der Waals surface area (Å²) >= 11 is 0. The Balaban J connectivity index is 1.44. The predicted molar refractivity (Wildman–Crippen MR) is 116 cm³/mol. The minimum Gasteiger partial charge on any atom is -0.450 e. The SMILES string of the molecule is C#CCOC[C@H]1O[C@@H](n2cnc3c(NC4CCN(C(=O)OCC)CC4)ncnc32)[C@H](O)[C@@H]1O. The summed E-state index contributed by atoms with van der Waals surface area (Å²) in [6, 6.07) is 0.103. The minimum absolute atomic E-state index is 0.0534. The van der Waals surface area contributed by atoms with Gasteiger partial charge in [0.05, 0.1) is 19.5 Å². The summed E-state index contributed by atoms with van der Waals surface area (Å²) < 4.78 is 17.7. The summed E-state index contributed by atoms with van der Waals surface area (Å²) in [6.07, 6.45) is 5.29. The normalized spacial score (nSPS) is 25.8. The summed E-state index contributed by atoms with van der Waals surface area (Å²) in [4.78, 5) is 26.6. The van der Waals surface area contributed by atoms with Gasteiger partial charge in [0.15, 0.2) is 23.2 Å². The molecule has 2 fully saturated rings. The largest absolute Gasteiger partial charge is 0.450 e. The van der Waals surface area contributed by atoms with Gasteiger partial charge < -0.3 is 34.6 Å². The molecule has 2 aliphatic rings. The van der Waals surface area contributed by atoms with E-state index in [0.717, 1.165) is 12.8 Å². The van der Waals surface area contributed by atoms with Crippen LogP contribution in [0.2, 0.25) is 0 Å². The molecule has 0 aromatic carbocycles. The van der Waals surface area contributed by atoms with E-state index in [1.807, 2.05) is 0 Å². The van der Waals surface area contributed by atoms with Crippen molar-refractivity contribution in [3.05, 3.63) is 12.7 Å².